The Labute approximate surface area is 124 Å². The highest BCUT2D eigenvalue weighted by Gasteiger charge is 2.09. The number of hydrogen-bond acceptors (Lipinski definition) is 5. The van der Waals surface area contributed by atoms with Crippen LogP contribution in [-0.4, -0.2) is 48.7 Å². The van der Waals surface area contributed by atoms with E-state index in [1.54, 1.807) is 36.2 Å². The average molecular weight is 295 g/mol. The fraction of sp³-hybridized carbons (Fsp3) is 0.467. The third-order valence-electron chi connectivity index (χ3n) is 2.70. The van der Waals surface area contributed by atoms with Gasteiger partial charge in [-0.3, -0.25) is 14.5 Å². The third kappa shape index (κ3) is 7.31. The van der Waals surface area contributed by atoms with E-state index >= 15 is 0 Å². The van der Waals surface area contributed by atoms with Crippen LogP contribution >= 0.6 is 0 Å². The summed E-state index contributed by atoms with van der Waals surface area (Å²) in [5.41, 5.74) is 0. The van der Waals surface area contributed by atoms with E-state index in [0.717, 1.165) is 5.75 Å². The molecule has 0 aliphatic heterocycles. The van der Waals surface area contributed by atoms with Gasteiger partial charge in [0.2, 0.25) is 0 Å². The topological polar surface area (TPSA) is 76.1 Å². The standard InChI is InChI=1S/C15H21NO5/c1-3-20-12-6-8-13(9-7-12)21-15(19)11-16(2)10-4-5-14(17)18/h6-9H,3-5,10-11H2,1-2H3,(H,17,18). The Morgan fingerprint density at radius 1 is 1.19 bits per heavy atom. The molecule has 21 heavy (non-hydrogen) atoms. The first-order valence-corrected chi connectivity index (χ1v) is 6.85. The highest BCUT2D eigenvalue weighted by molar-refractivity contribution is 5.74. The van der Waals surface area contributed by atoms with Crippen molar-refractivity contribution in [3.63, 3.8) is 0 Å². The minimum atomic E-state index is -0.833. The zero-order valence-corrected chi connectivity index (χ0v) is 12.4. The summed E-state index contributed by atoms with van der Waals surface area (Å²) in [6.07, 6.45) is 0.598. The molecule has 0 amide bonds. The first-order chi connectivity index (χ1) is 10.0. The van der Waals surface area contributed by atoms with Gasteiger partial charge in [-0.1, -0.05) is 0 Å². The lowest BCUT2D eigenvalue weighted by atomic mass is 10.3. The van der Waals surface area contributed by atoms with Crippen molar-refractivity contribution in [2.75, 3.05) is 26.7 Å². The van der Waals surface area contributed by atoms with Gasteiger partial charge >= 0.3 is 11.9 Å². The maximum Gasteiger partial charge on any atom is 0.325 e. The lowest BCUT2D eigenvalue weighted by Gasteiger charge is -2.15. The Bertz CT molecular complexity index is 458. The van der Waals surface area contributed by atoms with Gasteiger partial charge in [0.25, 0.3) is 0 Å². The molecule has 116 valence electrons. The molecule has 0 atom stereocenters. The molecular weight excluding hydrogens is 274 g/mol. The Morgan fingerprint density at radius 3 is 2.38 bits per heavy atom. The molecule has 0 heterocycles. The summed E-state index contributed by atoms with van der Waals surface area (Å²) in [4.78, 5) is 23.9. The number of carbonyl (C=O) groups is 2. The minimum absolute atomic E-state index is 0.0955. The minimum Gasteiger partial charge on any atom is -0.494 e. The normalized spacial score (nSPS) is 10.4. The number of nitrogens with zero attached hydrogens (tertiary/aromatic N) is 1. The van der Waals surface area contributed by atoms with Crippen LogP contribution in [0.5, 0.6) is 11.5 Å². The number of rotatable bonds is 9. The van der Waals surface area contributed by atoms with Crippen molar-refractivity contribution in [2.45, 2.75) is 19.8 Å². The van der Waals surface area contributed by atoms with Crippen LogP contribution in [0.2, 0.25) is 0 Å². The number of likely N-dealkylation sites (N-methyl/N-ethyl adjacent to an activating group) is 1. The Balaban J connectivity index is 2.33. The van der Waals surface area contributed by atoms with E-state index in [2.05, 4.69) is 0 Å². The maximum atomic E-state index is 11.7. The molecule has 0 aliphatic rings. The number of benzene rings is 1. The lowest BCUT2D eigenvalue weighted by Crippen LogP contribution is -2.30. The number of esters is 1. The van der Waals surface area contributed by atoms with Gasteiger partial charge in [-0.05, 0) is 51.2 Å². The molecule has 1 aromatic carbocycles. The summed E-state index contributed by atoms with van der Waals surface area (Å²) in [6.45, 7) is 3.13. The molecule has 0 saturated carbocycles. The molecule has 0 bridgehead atoms. The van der Waals surface area contributed by atoms with E-state index in [1.807, 2.05) is 6.92 Å². The van der Waals surface area contributed by atoms with Gasteiger partial charge in [0.15, 0.2) is 0 Å². The van der Waals surface area contributed by atoms with E-state index in [4.69, 9.17) is 14.6 Å². The van der Waals surface area contributed by atoms with Crippen LogP contribution in [0, 0.1) is 0 Å². The molecule has 0 aromatic heterocycles. The Morgan fingerprint density at radius 2 is 1.81 bits per heavy atom. The van der Waals surface area contributed by atoms with Crippen molar-refractivity contribution >= 4 is 11.9 Å². The van der Waals surface area contributed by atoms with Crippen molar-refractivity contribution in [1.29, 1.82) is 0 Å². The first-order valence-electron chi connectivity index (χ1n) is 6.85. The zero-order chi connectivity index (χ0) is 15.7. The second kappa shape index (κ2) is 8.97. The lowest BCUT2D eigenvalue weighted by molar-refractivity contribution is -0.137. The highest BCUT2D eigenvalue weighted by atomic mass is 16.5. The van der Waals surface area contributed by atoms with Gasteiger partial charge in [0.1, 0.15) is 11.5 Å². The van der Waals surface area contributed by atoms with Gasteiger partial charge in [0, 0.05) is 6.42 Å². The predicted molar refractivity (Wildman–Crippen MR) is 77.6 cm³/mol. The number of hydrogen-bond donors (Lipinski definition) is 1. The molecule has 0 fully saturated rings. The summed E-state index contributed by atoms with van der Waals surface area (Å²) in [5.74, 6) is -0.0252. The van der Waals surface area contributed by atoms with Crippen LogP contribution in [0.1, 0.15) is 19.8 Å². The summed E-state index contributed by atoms with van der Waals surface area (Å²) in [6, 6.07) is 6.83. The summed E-state index contributed by atoms with van der Waals surface area (Å²) < 4.78 is 10.5. The first kappa shape index (κ1) is 17.0. The van der Waals surface area contributed by atoms with Crippen molar-refractivity contribution in [3.05, 3.63) is 24.3 Å². The molecule has 1 aromatic rings. The van der Waals surface area contributed by atoms with Gasteiger partial charge < -0.3 is 14.6 Å². The number of aliphatic carboxylic acids is 1. The monoisotopic (exact) mass is 295 g/mol. The van der Waals surface area contributed by atoms with Crippen molar-refractivity contribution in [3.8, 4) is 11.5 Å². The Kier molecular flexibility index (Phi) is 7.25. The van der Waals surface area contributed by atoms with E-state index in [1.165, 1.54) is 0 Å². The van der Waals surface area contributed by atoms with Crippen LogP contribution in [0.4, 0.5) is 0 Å². The number of carbonyl (C=O) groups excluding carboxylic acids is 1. The van der Waals surface area contributed by atoms with Gasteiger partial charge in [-0.2, -0.15) is 0 Å². The molecular formula is C15H21NO5. The van der Waals surface area contributed by atoms with E-state index < -0.39 is 5.97 Å². The Hall–Kier alpha value is -2.08. The fourth-order valence-corrected chi connectivity index (χ4v) is 1.73. The van der Waals surface area contributed by atoms with Crippen molar-refractivity contribution in [2.24, 2.45) is 0 Å². The molecule has 0 spiro atoms. The maximum absolute atomic E-state index is 11.7. The molecule has 6 heteroatoms. The number of ether oxygens (including phenoxy) is 2. The molecule has 1 N–H and O–H groups in total. The molecule has 0 saturated heterocycles. The number of carboxylic acid groups (broad SMARTS) is 1. The molecule has 0 aliphatic carbocycles. The quantitative estimate of drug-likeness (QED) is 0.553. The number of carboxylic acids is 1. The van der Waals surface area contributed by atoms with Crippen LogP contribution in [0.15, 0.2) is 24.3 Å². The van der Waals surface area contributed by atoms with Crippen molar-refractivity contribution in [1.82, 2.24) is 4.90 Å². The average Bonchev–Trinajstić information content (AvgIpc) is 2.40. The SMILES string of the molecule is CCOc1ccc(OC(=O)CN(C)CCCC(=O)O)cc1. The fourth-order valence-electron chi connectivity index (χ4n) is 1.73. The van der Waals surface area contributed by atoms with E-state index in [9.17, 15) is 9.59 Å². The van der Waals surface area contributed by atoms with E-state index in [0.29, 0.717) is 25.3 Å². The van der Waals surface area contributed by atoms with Crippen LogP contribution < -0.4 is 9.47 Å². The molecule has 1 rings (SSSR count). The predicted octanol–water partition coefficient (Wildman–Crippen LogP) is 1.79. The molecule has 0 radical (unpaired) electrons. The van der Waals surface area contributed by atoms with Crippen LogP contribution in [-0.2, 0) is 9.59 Å². The second-order valence-corrected chi connectivity index (χ2v) is 4.61. The summed E-state index contributed by atoms with van der Waals surface area (Å²) in [5, 5.41) is 8.54. The van der Waals surface area contributed by atoms with Gasteiger partial charge in [0.05, 0.1) is 13.2 Å². The highest BCUT2D eigenvalue weighted by Crippen LogP contribution is 2.17. The summed E-state index contributed by atoms with van der Waals surface area (Å²) >= 11 is 0. The summed E-state index contributed by atoms with van der Waals surface area (Å²) in [7, 11) is 1.75. The van der Waals surface area contributed by atoms with Crippen LogP contribution in [0.3, 0.4) is 0 Å². The van der Waals surface area contributed by atoms with Gasteiger partial charge in [-0.25, -0.2) is 0 Å². The second-order valence-electron chi connectivity index (χ2n) is 4.61. The zero-order valence-electron chi connectivity index (χ0n) is 12.4. The van der Waals surface area contributed by atoms with E-state index in [-0.39, 0.29) is 18.9 Å². The third-order valence-corrected chi connectivity index (χ3v) is 2.70. The van der Waals surface area contributed by atoms with Gasteiger partial charge in [-0.15, -0.1) is 0 Å². The van der Waals surface area contributed by atoms with Crippen molar-refractivity contribution < 1.29 is 24.2 Å². The molecule has 6 nitrogen and oxygen atoms in total. The molecule has 0 unspecified atom stereocenters. The smallest absolute Gasteiger partial charge is 0.325 e. The van der Waals surface area contributed by atoms with Crippen LogP contribution in [0.25, 0.3) is 0 Å². The largest absolute Gasteiger partial charge is 0.494 e.